The number of rotatable bonds is 2. The number of quaternary nitrogens is 1. The quantitative estimate of drug-likeness (QED) is 0.468. The molecule has 1 aliphatic rings. The summed E-state index contributed by atoms with van der Waals surface area (Å²) in [6.07, 6.45) is 3.85. The Bertz CT molecular complexity index is 221. The molecule has 76 valence electrons. The Hall–Kier alpha value is -0.940. The van der Waals surface area contributed by atoms with Crippen LogP contribution >= 0.6 is 0 Å². The zero-order chi connectivity index (χ0) is 9.19. The molecular formula is C7H15ClN4O. The molecule has 5 nitrogen and oxygen atoms in total. The summed E-state index contributed by atoms with van der Waals surface area (Å²) in [6, 6.07) is -0.489. The average Bonchev–Trinajstić information content (AvgIpc) is 2.32. The lowest BCUT2D eigenvalue weighted by atomic mass is 10.6. The van der Waals surface area contributed by atoms with E-state index in [0.29, 0.717) is 4.59 Å². The first kappa shape index (κ1) is 12.1. The number of urea groups is 1. The summed E-state index contributed by atoms with van der Waals surface area (Å²) < 4.78 is 0.409. The highest BCUT2D eigenvalue weighted by Gasteiger charge is 2.30. The van der Waals surface area contributed by atoms with Crippen LogP contribution in [0.5, 0.6) is 0 Å². The van der Waals surface area contributed by atoms with Crippen molar-refractivity contribution < 1.29 is 21.8 Å². The highest BCUT2D eigenvalue weighted by Crippen LogP contribution is 2.11. The molecule has 0 saturated carbocycles. The summed E-state index contributed by atoms with van der Waals surface area (Å²) in [4.78, 5) is 12.7. The van der Waals surface area contributed by atoms with Gasteiger partial charge in [-0.2, -0.15) is 10.0 Å². The van der Waals surface area contributed by atoms with E-state index in [1.165, 1.54) is 0 Å². The van der Waals surface area contributed by atoms with Crippen LogP contribution in [0.2, 0.25) is 0 Å². The van der Waals surface area contributed by atoms with Crippen molar-refractivity contribution in [1.82, 2.24) is 10.3 Å². The predicted octanol–water partition coefficient (Wildman–Crippen LogP) is -3.22. The Morgan fingerprint density at radius 3 is 2.69 bits per heavy atom. The number of carbonyl (C=O) groups is 1. The SMILES string of the molecule is CC[N+]1(NC(N)=O)C=CN(C)C1.[Cl-]. The van der Waals surface area contributed by atoms with Crippen LogP contribution in [-0.4, -0.2) is 35.8 Å². The van der Waals surface area contributed by atoms with Crippen LogP contribution in [0.4, 0.5) is 4.79 Å². The lowest BCUT2D eigenvalue weighted by molar-refractivity contribution is -0.913. The van der Waals surface area contributed by atoms with Crippen LogP contribution < -0.4 is 23.6 Å². The van der Waals surface area contributed by atoms with Crippen molar-refractivity contribution in [2.45, 2.75) is 6.92 Å². The molecule has 0 aromatic rings. The molecule has 6 heteroatoms. The summed E-state index contributed by atoms with van der Waals surface area (Å²) in [5.74, 6) is 0. The van der Waals surface area contributed by atoms with Gasteiger partial charge in [0, 0.05) is 7.05 Å². The second-order valence-corrected chi connectivity index (χ2v) is 3.02. The highest BCUT2D eigenvalue weighted by atomic mass is 35.5. The minimum Gasteiger partial charge on any atom is -1.00 e. The number of carbonyl (C=O) groups excluding carboxylic acids is 1. The lowest BCUT2D eigenvalue weighted by Crippen LogP contribution is -3.00. The molecule has 0 spiro atoms. The highest BCUT2D eigenvalue weighted by molar-refractivity contribution is 5.70. The number of halogens is 1. The smallest absolute Gasteiger partial charge is 0.356 e. The van der Waals surface area contributed by atoms with Gasteiger partial charge in [-0.25, -0.2) is 4.79 Å². The van der Waals surface area contributed by atoms with E-state index in [2.05, 4.69) is 5.43 Å². The number of nitrogens with two attached hydrogens (primary N) is 1. The van der Waals surface area contributed by atoms with Gasteiger partial charge in [-0.3, -0.25) is 0 Å². The summed E-state index contributed by atoms with van der Waals surface area (Å²) >= 11 is 0. The summed E-state index contributed by atoms with van der Waals surface area (Å²) in [5.41, 5.74) is 7.74. The molecule has 1 rings (SSSR count). The normalized spacial score (nSPS) is 25.5. The fraction of sp³-hybridized carbons (Fsp3) is 0.571. The van der Waals surface area contributed by atoms with Crippen LogP contribution in [0.25, 0.3) is 0 Å². The van der Waals surface area contributed by atoms with Gasteiger partial charge in [-0.05, 0) is 6.92 Å². The van der Waals surface area contributed by atoms with Crippen molar-refractivity contribution in [3.05, 3.63) is 12.4 Å². The average molecular weight is 207 g/mol. The minimum absolute atomic E-state index is 0. The Morgan fingerprint density at radius 1 is 1.77 bits per heavy atom. The molecule has 0 bridgehead atoms. The van der Waals surface area contributed by atoms with Crippen LogP contribution in [0.15, 0.2) is 12.4 Å². The van der Waals surface area contributed by atoms with E-state index >= 15 is 0 Å². The van der Waals surface area contributed by atoms with Gasteiger partial charge in [-0.15, -0.1) is 0 Å². The number of primary amides is 1. The van der Waals surface area contributed by atoms with Crippen molar-refractivity contribution in [2.24, 2.45) is 5.73 Å². The fourth-order valence-electron chi connectivity index (χ4n) is 1.31. The molecule has 0 aliphatic carbocycles. The molecule has 1 atom stereocenters. The van der Waals surface area contributed by atoms with Crippen LogP contribution in [0.3, 0.4) is 0 Å². The van der Waals surface area contributed by atoms with Gasteiger partial charge in [0.15, 0.2) is 6.67 Å². The van der Waals surface area contributed by atoms with E-state index in [-0.39, 0.29) is 12.4 Å². The molecule has 2 amide bonds. The Labute approximate surface area is 84.1 Å². The van der Waals surface area contributed by atoms with Gasteiger partial charge >= 0.3 is 6.03 Å². The van der Waals surface area contributed by atoms with Gasteiger partial charge in [0.2, 0.25) is 0 Å². The van der Waals surface area contributed by atoms with E-state index < -0.39 is 6.03 Å². The predicted molar refractivity (Wildman–Crippen MR) is 45.3 cm³/mol. The summed E-state index contributed by atoms with van der Waals surface area (Å²) in [5, 5.41) is 0. The summed E-state index contributed by atoms with van der Waals surface area (Å²) in [6.45, 7) is 3.53. The van der Waals surface area contributed by atoms with Crippen LogP contribution in [0.1, 0.15) is 6.92 Å². The maximum atomic E-state index is 10.7. The molecule has 0 saturated heterocycles. The second-order valence-electron chi connectivity index (χ2n) is 3.02. The third-order valence-corrected chi connectivity index (χ3v) is 1.98. The van der Waals surface area contributed by atoms with Crippen molar-refractivity contribution in [3.63, 3.8) is 0 Å². The number of hydrogen-bond acceptors (Lipinski definition) is 2. The third-order valence-electron chi connectivity index (χ3n) is 1.98. The molecule has 1 unspecified atom stereocenters. The first-order valence-electron chi connectivity index (χ1n) is 3.92. The van der Waals surface area contributed by atoms with Gasteiger partial charge < -0.3 is 23.0 Å². The Balaban J connectivity index is 0.00000144. The van der Waals surface area contributed by atoms with Gasteiger partial charge in [-0.1, -0.05) is 0 Å². The van der Waals surface area contributed by atoms with Crippen molar-refractivity contribution in [2.75, 3.05) is 20.3 Å². The van der Waals surface area contributed by atoms with E-state index in [1.807, 2.05) is 31.3 Å². The third kappa shape index (κ3) is 2.78. The molecule has 13 heavy (non-hydrogen) atoms. The second kappa shape index (κ2) is 4.34. The molecule has 0 aromatic carbocycles. The fourth-order valence-corrected chi connectivity index (χ4v) is 1.31. The lowest BCUT2D eigenvalue weighted by Gasteiger charge is -2.29. The minimum atomic E-state index is -0.489. The van der Waals surface area contributed by atoms with E-state index in [4.69, 9.17) is 5.73 Å². The van der Waals surface area contributed by atoms with Crippen molar-refractivity contribution >= 4 is 6.03 Å². The monoisotopic (exact) mass is 206 g/mol. The number of nitrogens with one attached hydrogen (secondary N) is 1. The van der Waals surface area contributed by atoms with Gasteiger partial charge in [0.1, 0.15) is 12.7 Å². The van der Waals surface area contributed by atoms with Crippen molar-refractivity contribution in [1.29, 1.82) is 0 Å². The Kier molecular flexibility index (Phi) is 4.03. The van der Waals surface area contributed by atoms with E-state index in [0.717, 1.165) is 13.2 Å². The topological polar surface area (TPSA) is 58.4 Å². The van der Waals surface area contributed by atoms with Gasteiger partial charge in [0.05, 0.1) is 6.20 Å². The summed E-state index contributed by atoms with van der Waals surface area (Å²) in [7, 11) is 1.95. The maximum absolute atomic E-state index is 10.7. The van der Waals surface area contributed by atoms with Crippen molar-refractivity contribution in [3.8, 4) is 0 Å². The molecule has 1 heterocycles. The zero-order valence-corrected chi connectivity index (χ0v) is 8.58. The first-order valence-corrected chi connectivity index (χ1v) is 3.92. The molecular weight excluding hydrogens is 192 g/mol. The molecule has 3 N–H and O–H groups in total. The molecule has 0 radical (unpaired) electrons. The largest absolute Gasteiger partial charge is 1.00 e. The van der Waals surface area contributed by atoms with Crippen LogP contribution in [-0.2, 0) is 0 Å². The van der Waals surface area contributed by atoms with E-state index in [9.17, 15) is 4.79 Å². The zero-order valence-electron chi connectivity index (χ0n) is 7.83. The molecule has 0 aromatic heterocycles. The maximum Gasteiger partial charge on any atom is 0.356 e. The number of amides is 2. The molecule has 0 fully saturated rings. The van der Waals surface area contributed by atoms with Crippen LogP contribution in [0, 0.1) is 0 Å². The first-order chi connectivity index (χ1) is 5.58. The number of nitrogens with zero attached hydrogens (tertiary/aromatic N) is 2. The number of hydrogen-bond donors (Lipinski definition) is 2. The standard InChI is InChI=1S/C7H14N4O.ClH/c1-3-11(9-7(8)12)5-4-10(2)6-11;/h4-5H,3,6H2,1-2H3,(H2-,8,9,12);1H. The molecule has 1 aliphatic heterocycles. The Morgan fingerprint density at radius 2 is 2.38 bits per heavy atom. The van der Waals surface area contributed by atoms with E-state index in [1.54, 1.807) is 0 Å². The van der Waals surface area contributed by atoms with Gasteiger partial charge in [0.25, 0.3) is 0 Å².